The van der Waals surface area contributed by atoms with Crippen LogP contribution in [0.1, 0.15) is 53.5 Å². The molecule has 40 heavy (non-hydrogen) atoms. The summed E-state index contributed by atoms with van der Waals surface area (Å²) >= 11 is 0. The molecule has 0 aromatic heterocycles. The van der Waals surface area contributed by atoms with E-state index in [4.69, 9.17) is 9.84 Å². The zero-order valence-corrected chi connectivity index (χ0v) is 23.7. The molecule has 1 atom stereocenters. The number of carbonyl (C=O) groups excluding carboxylic acids is 6. The van der Waals surface area contributed by atoms with Crippen LogP contribution >= 0.6 is 0 Å². The highest BCUT2D eigenvalue weighted by Crippen LogP contribution is 2.24. The lowest BCUT2D eigenvalue weighted by Gasteiger charge is -2.22. The molecule has 1 aromatic rings. The number of carbonyl (C=O) groups is 7. The van der Waals surface area contributed by atoms with Gasteiger partial charge in [-0.15, -0.1) is 0 Å². The first-order valence-corrected chi connectivity index (χ1v) is 12.3. The Balaban J connectivity index is 0. The molecule has 0 heterocycles. The Labute approximate surface area is 233 Å². The van der Waals surface area contributed by atoms with Crippen LogP contribution in [-0.2, 0) is 59.1 Å². The minimum Gasteiger partial charge on any atom is -0.481 e. The number of rotatable bonds is 13. The number of Topliss-reactive ketones (excluding diaryl/α,β-unsaturated/α-hetero) is 2. The first-order chi connectivity index (χ1) is 18.7. The zero-order valence-electron chi connectivity index (χ0n) is 23.7. The van der Waals surface area contributed by atoms with Gasteiger partial charge in [-0.3, -0.25) is 28.8 Å². The van der Waals surface area contributed by atoms with Crippen LogP contribution in [0.5, 0.6) is 0 Å². The third-order valence-electron chi connectivity index (χ3n) is 4.88. The molecule has 0 fully saturated rings. The van der Waals surface area contributed by atoms with Crippen molar-refractivity contribution in [1.29, 1.82) is 0 Å². The highest BCUT2D eigenvalue weighted by molar-refractivity contribution is 6.22. The maximum atomic E-state index is 11.7. The molecule has 12 nitrogen and oxygen atoms in total. The number of hydrogen-bond donors (Lipinski definition) is 1. The standard InChI is InChI=1S/C11H16O7.C10H10O2.C7H12O3/c1-4-17-9(15)11(3,10(16)18-5-2)7(12)6-8(13)14;1-2-10(11)12-8-9-6-4-3-5-7-9;1-4-10-7(9)5(2)6(3)8/h4-6H2,1-3H3,(H,13,14);2-7H,1,8H2;5H,4H2,1-3H3. The molecule has 0 aliphatic carbocycles. The van der Waals surface area contributed by atoms with Crippen molar-refractivity contribution in [2.45, 2.75) is 54.6 Å². The topological polar surface area (TPSA) is 177 Å². The number of ether oxygens (including phenoxy) is 4. The Kier molecular flexibility index (Phi) is 19.5. The molecule has 0 aliphatic rings. The highest BCUT2D eigenvalue weighted by atomic mass is 16.6. The smallest absolute Gasteiger partial charge is 0.330 e. The van der Waals surface area contributed by atoms with Crippen molar-refractivity contribution < 1.29 is 57.6 Å². The molecule has 12 heteroatoms. The van der Waals surface area contributed by atoms with E-state index in [-0.39, 0.29) is 25.0 Å². The second kappa shape index (κ2) is 20.6. The number of benzene rings is 1. The summed E-state index contributed by atoms with van der Waals surface area (Å²) in [6, 6.07) is 9.51. The molecule has 0 saturated carbocycles. The number of carboxylic acid groups (broad SMARTS) is 1. The summed E-state index contributed by atoms with van der Waals surface area (Å²) in [6.07, 6.45) is 0.205. The Morgan fingerprint density at radius 2 is 1.35 bits per heavy atom. The van der Waals surface area contributed by atoms with Crippen molar-refractivity contribution in [1.82, 2.24) is 0 Å². The summed E-state index contributed by atoms with van der Waals surface area (Å²) in [7, 11) is 0. The van der Waals surface area contributed by atoms with E-state index in [0.29, 0.717) is 13.2 Å². The maximum Gasteiger partial charge on any atom is 0.330 e. The van der Waals surface area contributed by atoms with Crippen LogP contribution in [0.2, 0.25) is 0 Å². The van der Waals surface area contributed by atoms with Crippen LogP contribution in [0.25, 0.3) is 0 Å². The van der Waals surface area contributed by atoms with E-state index >= 15 is 0 Å². The van der Waals surface area contributed by atoms with Crippen molar-refractivity contribution >= 4 is 41.4 Å². The van der Waals surface area contributed by atoms with E-state index in [1.165, 1.54) is 20.8 Å². The molecular weight excluding hydrogens is 528 g/mol. The minimum absolute atomic E-state index is 0.0336. The third-order valence-corrected chi connectivity index (χ3v) is 4.88. The van der Waals surface area contributed by atoms with Gasteiger partial charge in [-0.25, -0.2) is 4.79 Å². The van der Waals surface area contributed by atoms with Crippen LogP contribution in [0.3, 0.4) is 0 Å². The fourth-order valence-corrected chi connectivity index (χ4v) is 2.40. The van der Waals surface area contributed by atoms with Crippen LogP contribution in [-0.4, -0.2) is 66.3 Å². The number of ketones is 2. The third kappa shape index (κ3) is 14.6. The van der Waals surface area contributed by atoms with Crippen molar-refractivity contribution in [3.05, 3.63) is 48.6 Å². The van der Waals surface area contributed by atoms with E-state index < -0.39 is 47.4 Å². The highest BCUT2D eigenvalue weighted by Gasteiger charge is 2.51. The van der Waals surface area contributed by atoms with Gasteiger partial charge in [0.05, 0.1) is 19.8 Å². The van der Waals surface area contributed by atoms with Gasteiger partial charge in [0, 0.05) is 6.08 Å². The molecule has 0 aliphatic heterocycles. The SMILES string of the molecule is C=CC(=O)OCc1ccccc1.CCOC(=O)C(C)(C(=O)CC(=O)O)C(=O)OCC.CCOC(=O)C(C)C(C)=O. The molecule has 0 amide bonds. The van der Waals surface area contributed by atoms with Gasteiger partial charge < -0.3 is 24.1 Å². The lowest BCUT2D eigenvalue weighted by atomic mass is 9.84. The number of carboxylic acids is 1. The summed E-state index contributed by atoms with van der Waals surface area (Å²) in [5, 5.41) is 8.55. The summed E-state index contributed by atoms with van der Waals surface area (Å²) in [6.45, 7) is 12.5. The molecule has 1 rings (SSSR count). The Morgan fingerprint density at radius 3 is 1.73 bits per heavy atom. The molecule has 0 radical (unpaired) electrons. The second-order valence-electron chi connectivity index (χ2n) is 7.94. The Bertz CT molecular complexity index is 995. The molecule has 0 saturated heterocycles. The fraction of sp³-hybridized carbons (Fsp3) is 0.464. The van der Waals surface area contributed by atoms with Gasteiger partial charge in [0.2, 0.25) is 5.41 Å². The summed E-state index contributed by atoms with van der Waals surface area (Å²) in [4.78, 5) is 77.5. The summed E-state index contributed by atoms with van der Waals surface area (Å²) in [5.74, 6) is -6.29. The van der Waals surface area contributed by atoms with E-state index in [2.05, 4.69) is 20.8 Å². The molecule has 222 valence electrons. The first-order valence-electron chi connectivity index (χ1n) is 12.3. The van der Waals surface area contributed by atoms with Crippen LogP contribution in [0.4, 0.5) is 0 Å². The van der Waals surface area contributed by atoms with Crippen LogP contribution < -0.4 is 0 Å². The molecular formula is C28H38O12. The van der Waals surface area contributed by atoms with Gasteiger partial charge >= 0.3 is 29.8 Å². The molecule has 1 aromatic carbocycles. The fourth-order valence-electron chi connectivity index (χ4n) is 2.40. The molecule has 0 spiro atoms. The van der Waals surface area contributed by atoms with Crippen molar-refractivity contribution in [3.63, 3.8) is 0 Å². The van der Waals surface area contributed by atoms with Crippen LogP contribution in [0, 0.1) is 11.3 Å². The second-order valence-corrected chi connectivity index (χ2v) is 7.94. The van der Waals surface area contributed by atoms with E-state index in [1.54, 1.807) is 13.8 Å². The van der Waals surface area contributed by atoms with Gasteiger partial charge in [0.25, 0.3) is 0 Å². The van der Waals surface area contributed by atoms with Crippen molar-refractivity contribution in [3.8, 4) is 0 Å². The van der Waals surface area contributed by atoms with E-state index in [0.717, 1.165) is 18.6 Å². The predicted octanol–water partition coefficient (Wildman–Crippen LogP) is 2.85. The molecule has 1 unspecified atom stereocenters. The van der Waals surface area contributed by atoms with Gasteiger partial charge in [0.15, 0.2) is 5.78 Å². The lowest BCUT2D eigenvalue weighted by molar-refractivity contribution is -0.173. The predicted molar refractivity (Wildman–Crippen MR) is 142 cm³/mol. The van der Waals surface area contributed by atoms with E-state index in [1.807, 2.05) is 30.3 Å². The minimum atomic E-state index is -2.23. The van der Waals surface area contributed by atoms with Gasteiger partial charge in [-0.05, 0) is 47.1 Å². The lowest BCUT2D eigenvalue weighted by Crippen LogP contribution is -2.46. The van der Waals surface area contributed by atoms with Crippen molar-refractivity contribution in [2.75, 3.05) is 19.8 Å². The molecule has 0 bridgehead atoms. The van der Waals surface area contributed by atoms with E-state index in [9.17, 15) is 33.6 Å². The molecule has 1 N–H and O–H groups in total. The number of hydrogen-bond acceptors (Lipinski definition) is 11. The average Bonchev–Trinajstić information content (AvgIpc) is 2.91. The summed E-state index contributed by atoms with van der Waals surface area (Å²) < 4.78 is 18.7. The maximum absolute atomic E-state index is 11.7. The van der Waals surface area contributed by atoms with Crippen molar-refractivity contribution in [2.24, 2.45) is 11.3 Å². The summed E-state index contributed by atoms with van der Waals surface area (Å²) in [5.41, 5.74) is -1.25. The largest absolute Gasteiger partial charge is 0.481 e. The zero-order chi connectivity index (χ0) is 31.3. The first kappa shape index (κ1) is 37.8. The average molecular weight is 567 g/mol. The normalized spacial score (nSPS) is 10.6. The van der Waals surface area contributed by atoms with Gasteiger partial charge in [-0.2, -0.15) is 0 Å². The van der Waals surface area contributed by atoms with Gasteiger partial charge in [-0.1, -0.05) is 36.9 Å². The van der Waals surface area contributed by atoms with Gasteiger partial charge in [0.1, 0.15) is 24.7 Å². The number of esters is 4. The quantitative estimate of drug-likeness (QED) is 0.160. The number of aliphatic carboxylic acids is 1. The Hall–Kier alpha value is -4.35. The van der Waals surface area contributed by atoms with Crippen LogP contribution in [0.15, 0.2) is 43.0 Å². The monoisotopic (exact) mass is 566 g/mol. The Morgan fingerprint density at radius 1 is 0.875 bits per heavy atom.